The predicted octanol–water partition coefficient (Wildman–Crippen LogP) is 7.46. The van der Waals surface area contributed by atoms with Crippen LogP contribution >= 0.6 is 24.8 Å². The molecule has 0 aromatic heterocycles. The third-order valence-corrected chi connectivity index (χ3v) is 7.40. The Morgan fingerprint density at radius 1 is 0.852 bits per heavy atom. The fourth-order valence-corrected chi connectivity index (χ4v) is 5.20. The molecule has 0 heterocycles. The summed E-state index contributed by atoms with van der Waals surface area (Å²) in [7, 11) is 0. The normalized spacial score (nSPS) is 17.1. The van der Waals surface area contributed by atoms with Gasteiger partial charge in [-0.2, -0.15) is 0 Å². The van der Waals surface area contributed by atoms with Gasteiger partial charge in [-0.3, -0.25) is 0 Å². The average Bonchev–Trinajstić information content (AvgIpc) is 2.84. The van der Waals surface area contributed by atoms with E-state index in [2.05, 4.69) is 93.0 Å². The van der Waals surface area contributed by atoms with Crippen molar-refractivity contribution < 1.29 is 19.4 Å². The first kappa shape index (κ1) is 24.1. The number of anilines is 1. The van der Waals surface area contributed by atoms with Crippen LogP contribution in [0.3, 0.4) is 0 Å². The molecule has 2 aromatic carbocycles. The van der Waals surface area contributed by atoms with Crippen LogP contribution < -0.4 is 3.80 Å². The van der Waals surface area contributed by atoms with Crippen LogP contribution in [0, 0.1) is 5.92 Å². The number of benzene rings is 2. The Balaban J connectivity index is 0.00000182. The van der Waals surface area contributed by atoms with Gasteiger partial charge >= 0.3 is 162 Å². The minimum Gasteiger partial charge on any atom is -0.147 e. The Morgan fingerprint density at radius 3 is 2.04 bits per heavy atom. The molecule has 1 N–H and O–H groups in total. The fraction of sp³-hybridized carbons (Fsp3) is 0.304. The molecule has 0 radical (unpaired) electrons. The van der Waals surface area contributed by atoms with E-state index >= 15 is 0 Å². The average molecular weight is 438 g/mol. The molecule has 27 heavy (non-hydrogen) atoms. The molecule has 1 aliphatic rings. The van der Waals surface area contributed by atoms with Gasteiger partial charge in [0, 0.05) is 0 Å². The van der Waals surface area contributed by atoms with Crippen molar-refractivity contribution in [2.24, 2.45) is 5.92 Å². The number of halogens is 2. The van der Waals surface area contributed by atoms with E-state index in [4.69, 9.17) is 0 Å². The van der Waals surface area contributed by atoms with Gasteiger partial charge in [-0.05, 0) is 0 Å². The van der Waals surface area contributed by atoms with Crippen molar-refractivity contribution in [1.29, 1.82) is 0 Å². The van der Waals surface area contributed by atoms with Crippen LogP contribution in [-0.4, -0.2) is 0 Å². The summed E-state index contributed by atoms with van der Waals surface area (Å²) in [5.41, 5.74) is 10.2. The Kier molecular flexibility index (Phi) is 9.38. The van der Waals surface area contributed by atoms with Crippen LogP contribution in [0.5, 0.6) is 0 Å². The zero-order chi connectivity index (χ0) is 18.0. The van der Waals surface area contributed by atoms with E-state index in [9.17, 15) is 0 Å². The predicted molar refractivity (Wildman–Crippen MR) is 120 cm³/mol. The van der Waals surface area contributed by atoms with Gasteiger partial charge in [-0.15, -0.1) is 24.8 Å². The smallest absolute Gasteiger partial charge is 0.147 e. The molecular formula is C23H29Cl2NTi. The molecule has 0 saturated carbocycles. The molecule has 0 bridgehead atoms. The Labute approximate surface area is 185 Å². The molecule has 1 aliphatic carbocycles. The maximum absolute atomic E-state index is 3.70. The molecule has 144 valence electrons. The van der Waals surface area contributed by atoms with Crippen molar-refractivity contribution in [3.63, 3.8) is 0 Å². The quantitative estimate of drug-likeness (QED) is 0.478. The van der Waals surface area contributed by atoms with Crippen LogP contribution in [0.1, 0.15) is 50.0 Å². The number of rotatable bonds is 5. The topological polar surface area (TPSA) is 12.0 Å². The van der Waals surface area contributed by atoms with Crippen LogP contribution in [0.2, 0.25) is 0 Å². The standard InChI is InChI=1S/C17H21.C6H6N.2ClH.Ti/c1-6-15-9-7-8-10-16(15)17-13(4)11(2)12(3)14(17)5;7-6-4-2-1-3-5-6;;;/h6-10,13H,1-5H3;1-5,7H;2*1H;/q;-1;;;+1. The number of allylic oxidation sites excluding steroid dienone is 4. The molecule has 0 amide bonds. The third kappa shape index (κ3) is 5.09. The monoisotopic (exact) mass is 437 g/mol. The van der Waals surface area contributed by atoms with Crippen molar-refractivity contribution in [3.8, 4) is 0 Å². The van der Waals surface area contributed by atoms with Crippen molar-refractivity contribution in [1.82, 2.24) is 0 Å². The first-order chi connectivity index (χ1) is 12.0. The van der Waals surface area contributed by atoms with Crippen molar-refractivity contribution >= 4 is 36.1 Å². The van der Waals surface area contributed by atoms with Gasteiger partial charge < -0.3 is 0 Å². The van der Waals surface area contributed by atoms with E-state index in [-0.39, 0.29) is 44.2 Å². The van der Waals surface area contributed by atoms with Crippen LogP contribution in [0.25, 0.3) is 5.57 Å². The fourth-order valence-electron chi connectivity index (χ4n) is 3.71. The van der Waals surface area contributed by atoms with E-state index in [1.165, 1.54) is 39.1 Å². The van der Waals surface area contributed by atoms with Gasteiger partial charge in [0.15, 0.2) is 0 Å². The van der Waals surface area contributed by atoms with E-state index < -0.39 is 0 Å². The number of nitrogens with one attached hydrogen (secondary N) is 1. The minimum absolute atomic E-state index is 0. The molecule has 4 heteroatoms. The van der Waals surface area contributed by atoms with E-state index in [1.54, 1.807) is 0 Å². The molecule has 3 rings (SSSR count). The molecule has 2 atom stereocenters. The molecular weight excluding hydrogens is 409 g/mol. The summed E-state index contributed by atoms with van der Waals surface area (Å²) in [5, 5.41) is 0. The largest absolute Gasteiger partial charge is 0.147 e. The van der Waals surface area contributed by atoms with Crippen LogP contribution in [-0.2, 0) is 19.4 Å². The molecule has 2 aromatic rings. The van der Waals surface area contributed by atoms with Gasteiger partial charge in [0.1, 0.15) is 0 Å². The summed E-state index contributed by atoms with van der Waals surface area (Å²) in [5.74, 6) is 0.524. The van der Waals surface area contributed by atoms with E-state index in [0.717, 1.165) is 0 Å². The number of hydrogen-bond acceptors (Lipinski definition) is 1. The Hall–Kier alpha value is -0.986. The maximum atomic E-state index is 3.70. The van der Waals surface area contributed by atoms with Gasteiger partial charge in [0.05, 0.1) is 0 Å². The molecule has 0 aliphatic heterocycles. The number of hydrogen-bond donors (Lipinski definition) is 1. The third-order valence-electron chi connectivity index (χ3n) is 5.56. The van der Waals surface area contributed by atoms with Gasteiger partial charge in [-0.1, -0.05) is 0 Å². The van der Waals surface area contributed by atoms with Crippen molar-refractivity contribution in [3.05, 3.63) is 82.4 Å². The first-order valence-corrected chi connectivity index (χ1v) is 10.7. The Bertz CT molecular complexity index is 827. The molecule has 2 unspecified atom stereocenters. The second-order valence-corrected chi connectivity index (χ2v) is 9.21. The van der Waals surface area contributed by atoms with E-state index in [0.29, 0.717) is 10.1 Å². The summed E-state index contributed by atoms with van der Waals surface area (Å²) in [6.45, 7) is 11.6. The molecule has 1 nitrogen and oxygen atoms in total. The first-order valence-electron chi connectivity index (χ1n) is 9.05. The molecule has 0 fully saturated rings. The SMILES string of the molecule is CC1=C(C)C(C)C(c2ccccc2[CH](C)[Ti][NH]c2ccccc2)=C1C.Cl.Cl. The van der Waals surface area contributed by atoms with Gasteiger partial charge in [-0.25, -0.2) is 0 Å². The zero-order valence-electron chi connectivity index (χ0n) is 16.7. The molecule has 0 saturated heterocycles. The zero-order valence-corrected chi connectivity index (χ0v) is 19.9. The maximum Gasteiger partial charge on any atom is -0.147 e. The second kappa shape index (κ2) is 10.5. The summed E-state index contributed by atoms with van der Waals surface area (Å²) in [6.07, 6.45) is 0. The van der Waals surface area contributed by atoms with E-state index in [1.807, 2.05) is 0 Å². The second-order valence-electron chi connectivity index (χ2n) is 7.01. The van der Waals surface area contributed by atoms with Crippen LogP contribution in [0.4, 0.5) is 5.69 Å². The number of para-hydroxylation sites is 1. The van der Waals surface area contributed by atoms with Gasteiger partial charge in [0.25, 0.3) is 0 Å². The summed E-state index contributed by atoms with van der Waals surface area (Å²) in [4.78, 5) is 0. The summed E-state index contributed by atoms with van der Waals surface area (Å²) >= 11 is -0.316. The molecule has 0 spiro atoms. The van der Waals surface area contributed by atoms with Crippen molar-refractivity contribution in [2.75, 3.05) is 3.80 Å². The minimum atomic E-state index is -0.316. The van der Waals surface area contributed by atoms with Gasteiger partial charge in [0.2, 0.25) is 0 Å². The summed E-state index contributed by atoms with van der Waals surface area (Å²) < 4.78 is 4.27. The Morgan fingerprint density at radius 2 is 1.44 bits per heavy atom. The van der Waals surface area contributed by atoms with Crippen molar-refractivity contribution in [2.45, 2.75) is 38.8 Å². The summed E-state index contributed by atoms with van der Waals surface area (Å²) in [6, 6.07) is 19.6. The van der Waals surface area contributed by atoms with Crippen LogP contribution in [0.15, 0.2) is 71.3 Å².